The zero-order valence-electron chi connectivity index (χ0n) is 13.1. The van der Waals surface area contributed by atoms with Crippen LogP contribution in [0.5, 0.6) is 0 Å². The Balaban J connectivity index is 2.01. The fraction of sp³-hybridized carbons (Fsp3) is 0.533. The number of nitrogens with zero attached hydrogens (tertiary/aromatic N) is 2. The largest absolute Gasteiger partial charge is 0.448 e. The lowest BCUT2D eigenvalue weighted by atomic mass is 10.2. The van der Waals surface area contributed by atoms with E-state index in [9.17, 15) is 18.0 Å². The highest BCUT2D eigenvalue weighted by molar-refractivity contribution is 7.91. The Kier molecular flexibility index (Phi) is 5.35. The number of esters is 1. The molecule has 126 valence electrons. The molecule has 0 spiro atoms. The minimum Gasteiger partial charge on any atom is -0.448 e. The van der Waals surface area contributed by atoms with Crippen molar-refractivity contribution in [1.82, 2.24) is 9.88 Å². The van der Waals surface area contributed by atoms with E-state index in [0.717, 1.165) is 0 Å². The number of hydrogen-bond acceptors (Lipinski definition) is 6. The molecule has 1 aliphatic heterocycles. The van der Waals surface area contributed by atoms with Crippen LogP contribution in [-0.4, -0.2) is 60.4 Å². The monoisotopic (exact) mass is 340 g/mol. The van der Waals surface area contributed by atoms with Gasteiger partial charge in [-0.05, 0) is 32.4 Å². The van der Waals surface area contributed by atoms with Crippen LogP contribution in [0.3, 0.4) is 0 Å². The van der Waals surface area contributed by atoms with Crippen molar-refractivity contribution >= 4 is 21.7 Å². The number of carbonyl (C=O) groups excluding carboxylic acids is 2. The Morgan fingerprint density at radius 1 is 1.43 bits per heavy atom. The average molecular weight is 340 g/mol. The topological polar surface area (TPSA) is 93.6 Å². The molecule has 2 rings (SSSR count). The number of amides is 1. The van der Waals surface area contributed by atoms with Crippen LogP contribution in [0.2, 0.25) is 0 Å². The van der Waals surface area contributed by atoms with E-state index in [1.54, 1.807) is 19.1 Å². The first-order valence-electron chi connectivity index (χ1n) is 7.47. The van der Waals surface area contributed by atoms with Crippen molar-refractivity contribution in [3.63, 3.8) is 0 Å². The summed E-state index contributed by atoms with van der Waals surface area (Å²) in [6.45, 7) is 3.62. The van der Waals surface area contributed by atoms with E-state index >= 15 is 0 Å². The van der Waals surface area contributed by atoms with E-state index in [1.807, 2.05) is 0 Å². The molecule has 1 aliphatic rings. The number of aromatic nitrogens is 1. The second-order valence-corrected chi connectivity index (χ2v) is 7.67. The lowest BCUT2D eigenvalue weighted by molar-refractivity contribution is -0.141. The highest BCUT2D eigenvalue weighted by Gasteiger charge is 2.36. The molecule has 2 heterocycles. The van der Waals surface area contributed by atoms with E-state index in [2.05, 4.69) is 4.98 Å². The summed E-state index contributed by atoms with van der Waals surface area (Å²) in [5.74, 6) is -1.02. The Morgan fingerprint density at radius 3 is 2.70 bits per heavy atom. The van der Waals surface area contributed by atoms with Crippen molar-refractivity contribution in [2.45, 2.75) is 32.4 Å². The van der Waals surface area contributed by atoms with Crippen molar-refractivity contribution in [1.29, 1.82) is 0 Å². The summed E-state index contributed by atoms with van der Waals surface area (Å²) in [6.07, 6.45) is 0.890. The molecule has 0 N–H and O–H groups in total. The van der Waals surface area contributed by atoms with Crippen LogP contribution >= 0.6 is 0 Å². The van der Waals surface area contributed by atoms with Crippen molar-refractivity contribution in [2.24, 2.45) is 0 Å². The molecule has 0 bridgehead atoms. The third-order valence-electron chi connectivity index (χ3n) is 3.78. The van der Waals surface area contributed by atoms with Gasteiger partial charge in [0.2, 0.25) is 0 Å². The molecule has 0 aliphatic carbocycles. The molecule has 0 aromatic carbocycles. The first-order valence-corrected chi connectivity index (χ1v) is 9.29. The van der Waals surface area contributed by atoms with Crippen LogP contribution in [0.4, 0.5) is 0 Å². The molecular formula is C15H20N2O5S. The molecule has 1 saturated heterocycles. The third-order valence-corrected chi connectivity index (χ3v) is 5.53. The first kappa shape index (κ1) is 17.4. The lowest BCUT2D eigenvalue weighted by Crippen LogP contribution is -2.46. The maximum Gasteiger partial charge on any atom is 0.357 e. The minimum atomic E-state index is -3.09. The smallest absolute Gasteiger partial charge is 0.357 e. The summed E-state index contributed by atoms with van der Waals surface area (Å²) < 4.78 is 28.3. The van der Waals surface area contributed by atoms with Crippen LogP contribution in [0.25, 0.3) is 0 Å². The number of sulfone groups is 1. The molecule has 0 saturated carbocycles. The van der Waals surface area contributed by atoms with E-state index in [0.29, 0.717) is 13.0 Å². The molecular weight excluding hydrogens is 320 g/mol. The maximum absolute atomic E-state index is 12.5. The van der Waals surface area contributed by atoms with Crippen LogP contribution in [0, 0.1) is 0 Å². The van der Waals surface area contributed by atoms with Crippen molar-refractivity contribution in [3.8, 4) is 0 Å². The Hall–Kier alpha value is -1.96. The predicted molar refractivity (Wildman–Crippen MR) is 83.6 cm³/mol. The summed E-state index contributed by atoms with van der Waals surface area (Å²) >= 11 is 0. The average Bonchev–Trinajstić information content (AvgIpc) is 2.88. The molecule has 0 unspecified atom stereocenters. The van der Waals surface area contributed by atoms with Gasteiger partial charge in [0.05, 0.1) is 11.5 Å². The standard InChI is InChI=1S/C15H20N2O5S/c1-3-17(12-7-9-23(20,21)10-12)14(18)11(2)22-15(19)13-6-4-5-8-16-13/h4-6,8,11-12H,3,7,9-10H2,1-2H3/t11-,12-/m0/s1. The van der Waals surface area contributed by atoms with Gasteiger partial charge in [0.15, 0.2) is 15.9 Å². The quantitative estimate of drug-likeness (QED) is 0.731. The number of rotatable bonds is 5. The summed E-state index contributed by atoms with van der Waals surface area (Å²) in [4.78, 5) is 29.8. The minimum absolute atomic E-state index is 0.0342. The maximum atomic E-state index is 12.5. The van der Waals surface area contributed by atoms with Gasteiger partial charge in [-0.2, -0.15) is 0 Å². The highest BCUT2D eigenvalue weighted by atomic mass is 32.2. The molecule has 8 heteroatoms. The van der Waals surface area contributed by atoms with Gasteiger partial charge in [-0.3, -0.25) is 4.79 Å². The van der Waals surface area contributed by atoms with Gasteiger partial charge in [0.25, 0.3) is 5.91 Å². The SMILES string of the molecule is CCN(C(=O)[C@H](C)OC(=O)c1ccccn1)[C@H]1CCS(=O)(=O)C1. The molecule has 7 nitrogen and oxygen atoms in total. The molecule has 1 fully saturated rings. The lowest BCUT2D eigenvalue weighted by Gasteiger charge is -2.29. The summed E-state index contributed by atoms with van der Waals surface area (Å²) in [6, 6.07) is 4.47. The number of likely N-dealkylation sites (N-methyl/N-ethyl adjacent to an activating group) is 1. The zero-order valence-corrected chi connectivity index (χ0v) is 14.0. The van der Waals surface area contributed by atoms with E-state index in [1.165, 1.54) is 24.1 Å². The fourth-order valence-electron chi connectivity index (χ4n) is 2.60. The normalized spacial score (nSPS) is 20.7. The summed E-state index contributed by atoms with van der Waals surface area (Å²) in [5, 5.41) is 0. The highest BCUT2D eigenvalue weighted by Crippen LogP contribution is 2.19. The second kappa shape index (κ2) is 7.08. The molecule has 1 aromatic heterocycles. The van der Waals surface area contributed by atoms with Crippen LogP contribution in [0.1, 0.15) is 30.8 Å². The summed E-state index contributed by atoms with van der Waals surface area (Å²) in [5.41, 5.74) is 0.124. The predicted octanol–water partition coefficient (Wildman–Crippen LogP) is 0.663. The Morgan fingerprint density at radius 2 is 2.17 bits per heavy atom. The third kappa shape index (κ3) is 4.28. The van der Waals surface area contributed by atoms with Crippen LogP contribution in [-0.2, 0) is 19.4 Å². The van der Waals surface area contributed by atoms with Gasteiger partial charge in [-0.1, -0.05) is 6.07 Å². The second-order valence-electron chi connectivity index (χ2n) is 5.44. The number of ether oxygens (including phenoxy) is 1. The van der Waals surface area contributed by atoms with Crippen molar-refractivity contribution < 1.29 is 22.7 Å². The molecule has 0 radical (unpaired) electrons. The van der Waals surface area contributed by atoms with Gasteiger partial charge >= 0.3 is 5.97 Å². The first-order chi connectivity index (χ1) is 10.8. The van der Waals surface area contributed by atoms with E-state index < -0.39 is 21.9 Å². The van der Waals surface area contributed by atoms with Crippen molar-refractivity contribution in [3.05, 3.63) is 30.1 Å². The van der Waals surface area contributed by atoms with Gasteiger partial charge in [-0.25, -0.2) is 18.2 Å². The molecule has 1 aromatic rings. The fourth-order valence-corrected chi connectivity index (χ4v) is 4.33. The van der Waals surface area contributed by atoms with Gasteiger partial charge < -0.3 is 9.64 Å². The number of carbonyl (C=O) groups is 2. The number of hydrogen-bond donors (Lipinski definition) is 0. The van der Waals surface area contributed by atoms with Crippen LogP contribution in [0.15, 0.2) is 24.4 Å². The van der Waals surface area contributed by atoms with Crippen molar-refractivity contribution in [2.75, 3.05) is 18.1 Å². The van der Waals surface area contributed by atoms with Gasteiger partial charge in [0.1, 0.15) is 5.69 Å². The van der Waals surface area contributed by atoms with E-state index in [4.69, 9.17) is 4.74 Å². The van der Waals surface area contributed by atoms with Gasteiger partial charge in [-0.15, -0.1) is 0 Å². The Bertz CT molecular complexity index is 674. The number of pyridine rings is 1. The zero-order chi connectivity index (χ0) is 17.0. The van der Waals surface area contributed by atoms with Gasteiger partial charge in [0, 0.05) is 18.8 Å². The molecule has 23 heavy (non-hydrogen) atoms. The van der Waals surface area contributed by atoms with Crippen LogP contribution < -0.4 is 0 Å². The molecule has 1 amide bonds. The molecule has 2 atom stereocenters. The van der Waals surface area contributed by atoms with E-state index in [-0.39, 0.29) is 29.1 Å². The summed E-state index contributed by atoms with van der Waals surface area (Å²) in [7, 11) is -3.09. The Labute approximate surface area is 135 Å².